The second-order valence-corrected chi connectivity index (χ2v) is 6.84. The molecule has 2 saturated heterocycles. The van der Waals surface area contributed by atoms with Crippen molar-refractivity contribution in [1.82, 2.24) is 19.7 Å². The maximum absolute atomic E-state index is 12.5. The van der Waals surface area contributed by atoms with Gasteiger partial charge in [-0.3, -0.25) is 19.4 Å². The maximum Gasteiger partial charge on any atom is 0.227 e. The van der Waals surface area contributed by atoms with Crippen LogP contribution in [-0.2, 0) is 18.4 Å². The van der Waals surface area contributed by atoms with Crippen LogP contribution in [0.25, 0.3) is 0 Å². The molecule has 2 aromatic heterocycles. The number of aryl methyl sites for hydroxylation is 1. The molecule has 0 unspecified atom stereocenters. The predicted molar refractivity (Wildman–Crippen MR) is 86.7 cm³/mol. The molecule has 2 aromatic rings. The Kier molecular flexibility index (Phi) is 3.41. The van der Waals surface area contributed by atoms with Gasteiger partial charge >= 0.3 is 0 Å². The Bertz CT molecular complexity index is 713. The zero-order chi connectivity index (χ0) is 15.9. The zero-order valence-corrected chi connectivity index (χ0v) is 13.4. The lowest BCUT2D eigenvalue weighted by Crippen LogP contribution is -2.31. The van der Waals surface area contributed by atoms with Gasteiger partial charge in [0.1, 0.15) is 0 Å². The summed E-state index contributed by atoms with van der Waals surface area (Å²) in [5, 5.41) is 4.19. The zero-order valence-electron chi connectivity index (χ0n) is 13.4. The molecule has 0 aromatic carbocycles. The van der Waals surface area contributed by atoms with E-state index in [0.29, 0.717) is 6.42 Å². The number of likely N-dealkylation sites (tertiary alicyclic amines) is 1. The number of amides is 1. The minimum atomic E-state index is 0.0972. The first-order valence-corrected chi connectivity index (χ1v) is 8.04. The van der Waals surface area contributed by atoms with Gasteiger partial charge in [0.2, 0.25) is 5.91 Å². The Morgan fingerprint density at radius 3 is 2.83 bits per heavy atom. The van der Waals surface area contributed by atoms with E-state index >= 15 is 0 Å². The van der Waals surface area contributed by atoms with Crippen molar-refractivity contribution in [3.8, 4) is 0 Å². The first-order chi connectivity index (χ1) is 11.1. The van der Waals surface area contributed by atoms with Crippen molar-refractivity contribution in [2.75, 3.05) is 24.5 Å². The third-order valence-corrected chi connectivity index (χ3v) is 5.00. The lowest BCUT2D eigenvalue weighted by molar-refractivity contribution is -0.117. The largest absolute Gasteiger partial charge is 0.309 e. The van der Waals surface area contributed by atoms with Crippen molar-refractivity contribution in [3.05, 3.63) is 42.5 Å². The molecule has 4 heterocycles. The van der Waals surface area contributed by atoms with E-state index in [2.05, 4.69) is 27.1 Å². The Hall–Kier alpha value is -2.21. The molecule has 0 bridgehead atoms. The predicted octanol–water partition coefficient (Wildman–Crippen LogP) is 1.44. The molecule has 2 aliphatic rings. The highest BCUT2D eigenvalue weighted by Gasteiger charge is 2.47. The Morgan fingerprint density at radius 2 is 2.09 bits per heavy atom. The number of carbonyl (C=O) groups excluding carboxylic acids is 1. The van der Waals surface area contributed by atoms with Gasteiger partial charge in [-0.1, -0.05) is 0 Å². The van der Waals surface area contributed by atoms with Crippen molar-refractivity contribution in [2.24, 2.45) is 12.5 Å². The lowest BCUT2D eigenvalue weighted by Gasteiger charge is -2.23. The summed E-state index contributed by atoms with van der Waals surface area (Å²) in [5.74, 6) is 0.226. The van der Waals surface area contributed by atoms with E-state index in [1.54, 1.807) is 10.9 Å². The van der Waals surface area contributed by atoms with Crippen LogP contribution in [0.5, 0.6) is 0 Å². The number of anilines is 1. The number of pyridine rings is 1. The van der Waals surface area contributed by atoms with Gasteiger partial charge in [-0.15, -0.1) is 0 Å². The molecule has 6 heteroatoms. The minimum Gasteiger partial charge on any atom is -0.309 e. The molecule has 6 nitrogen and oxygen atoms in total. The van der Waals surface area contributed by atoms with Gasteiger partial charge in [0.15, 0.2) is 0 Å². The van der Waals surface area contributed by atoms with E-state index in [4.69, 9.17) is 0 Å². The minimum absolute atomic E-state index is 0.0972. The van der Waals surface area contributed by atoms with E-state index in [0.717, 1.165) is 38.3 Å². The fraction of sp³-hybridized carbons (Fsp3) is 0.471. The Labute approximate surface area is 135 Å². The van der Waals surface area contributed by atoms with E-state index < -0.39 is 0 Å². The second kappa shape index (κ2) is 5.45. The maximum atomic E-state index is 12.5. The van der Waals surface area contributed by atoms with Crippen molar-refractivity contribution in [2.45, 2.75) is 19.4 Å². The molecule has 2 fully saturated rings. The van der Waals surface area contributed by atoms with Crippen molar-refractivity contribution in [3.63, 3.8) is 0 Å². The smallest absolute Gasteiger partial charge is 0.227 e. The van der Waals surface area contributed by atoms with E-state index in [9.17, 15) is 4.79 Å². The van der Waals surface area contributed by atoms with E-state index in [1.807, 2.05) is 30.5 Å². The second-order valence-electron chi connectivity index (χ2n) is 6.84. The molecule has 0 aliphatic carbocycles. The van der Waals surface area contributed by atoms with Crippen LogP contribution in [0.15, 0.2) is 36.9 Å². The standard InChI is InChI=1S/C17H21N5O/c1-20-11-15(9-19-20)22-13-17(8-16(22)23)4-7-21(12-17)10-14-2-5-18-6-3-14/h2-3,5-6,9,11H,4,7-8,10,12-13H2,1H3/t17-/m1/s1. The number of hydrogen-bond donors (Lipinski definition) is 0. The van der Waals surface area contributed by atoms with E-state index in [1.165, 1.54) is 5.56 Å². The molecule has 120 valence electrons. The molecule has 23 heavy (non-hydrogen) atoms. The average Bonchev–Trinajstić information content (AvgIpc) is 3.21. The SMILES string of the molecule is Cn1cc(N2C[C@]3(CCN(Cc4ccncc4)C3)CC2=O)cn1. The van der Waals surface area contributed by atoms with Gasteiger partial charge in [0.05, 0.1) is 11.9 Å². The van der Waals surface area contributed by atoms with Gasteiger partial charge in [0.25, 0.3) is 0 Å². The molecule has 1 spiro atoms. The summed E-state index contributed by atoms with van der Waals surface area (Å²) in [6, 6.07) is 4.12. The molecular formula is C17H21N5O. The fourth-order valence-corrected chi connectivity index (χ4v) is 3.86. The van der Waals surface area contributed by atoms with Crippen molar-refractivity contribution < 1.29 is 4.79 Å². The van der Waals surface area contributed by atoms with Crippen LogP contribution in [0.4, 0.5) is 5.69 Å². The topological polar surface area (TPSA) is 54.3 Å². The molecule has 0 N–H and O–H groups in total. The number of carbonyl (C=O) groups is 1. The summed E-state index contributed by atoms with van der Waals surface area (Å²) in [6.45, 7) is 3.78. The number of rotatable bonds is 3. The normalized spacial score (nSPS) is 24.9. The molecule has 2 aliphatic heterocycles. The third kappa shape index (κ3) is 2.74. The monoisotopic (exact) mass is 311 g/mol. The average molecular weight is 311 g/mol. The first kappa shape index (κ1) is 14.4. The lowest BCUT2D eigenvalue weighted by atomic mass is 9.86. The van der Waals surface area contributed by atoms with Crippen LogP contribution >= 0.6 is 0 Å². The van der Waals surface area contributed by atoms with Crippen molar-refractivity contribution in [1.29, 1.82) is 0 Å². The molecule has 0 saturated carbocycles. The van der Waals surface area contributed by atoms with Gasteiger partial charge in [-0.2, -0.15) is 5.10 Å². The van der Waals surface area contributed by atoms with Gasteiger partial charge in [-0.25, -0.2) is 0 Å². The Morgan fingerprint density at radius 1 is 1.26 bits per heavy atom. The van der Waals surface area contributed by atoms with Crippen LogP contribution < -0.4 is 4.90 Å². The highest BCUT2D eigenvalue weighted by molar-refractivity contribution is 5.96. The van der Waals surface area contributed by atoms with Crippen LogP contribution in [0, 0.1) is 5.41 Å². The summed E-state index contributed by atoms with van der Waals surface area (Å²) in [4.78, 5) is 20.9. The third-order valence-electron chi connectivity index (χ3n) is 5.00. The Balaban J connectivity index is 1.45. The molecular weight excluding hydrogens is 290 g/mol. The molecule has 4 rings (SSSR count). The van der Waals surface area contributed by atoms with Gasteiger partial charge in [0, 0.05) is 57.1 Å². The number of nitrogens with zero attached hydrogens (tertiary/aromatic N) is 5. The summed E-state index contributed by atoms with van der Waals surface area (Å²) in [6.07, 6.45) is 9.10. The van der Waals surface area contributed by atoms with Crippen LogP contribution in [-0.4, -0.2) is 45.2 Å². The van der Waals surface area contributed by atoms with Gasteiger partial charge in [-0.05, 0) is 30.7 Å². The highest BCUT2D eigenvalue weighted by atomic mass is 16.2. The molecule has 0 radical (unpaired) electrons. The summed E-state index contributed by atoms with van der Waals surface area (Å²) < 4.78 is 1.75. The van der Waals surface area contributed by atoms with Crippen LogP contribution in [0.2, 0.25) is 0 Å². The first-order valence-electron chi connectivity index (χ1n) is 8.04. The molecule has 1 atom stereocenters. The molecule has 1 amide bonds. The fourth-order valence-electron chi connectivity index (χ4n) is 3.86. The van der Waals surface area contributed by atoms with Crippen molar-refractivity contribution >= 4 is 11.6 Å². The highest BCUT2D eigenvalue weighted by Crippen LogP contribution is 2.42. The summed E-state index contributed by atoms with van der Waals surface area (Å²) >= 11 is 0. The van der Waals surface area contributed by atoms with Gasteiger partial charge < -0.3 is 4.90 Å². The van der Waals surface area contributed by atoms with Crippen LogP contribution in [0.1, 0.15) is 18.4 Å². The summed E-state index contributed by atoms with van der Waals surface area (Å²) in [7, 11) is 1.88. The van der Waals surface area contributed by atoms with Crippen LogP contribution in [0.3, 0.4) is 0 Å². The number of aromatic nitrogens is 3. The van der Waals surface area contributed by atoms with E-state index in [-0.39, 0.29) is 11.3 Å². The number of hydrogen-bond acceptors (Lipinski definition) is 4. The summed E-state index contributed by atoms with van der Waals surface area (Å²) in [5.41, 5.74) is 2.30. The quantitative estimate of drug-likeness (QED) is 0.861.